The fourth-order valence-electron chi connectivity index (χ4n) is 3.28. The Balaban J connectivity index is 1.20. The molecule has 1 unspecified atom stereocenters. The summed E-state index contributed by atoms with van der Waals surface area (Å²) in [6, 6.07) is 21.4. The second kappa shape index (κ2) is 7.45. The number of para-hydroxylation sites is 1. The van der Waals surface area contributed by atoms with Crippen molar-refractivity contribution < 1.29 is 0 Å². The molecule has 1 N–H and O–H groups in total. The molecular weight excluding hydrogens is 308 g/mol. The normalized spacial score (nSPS) is 19.2. The number of nitrogens with one attached hydrogen (secondary N) is 1. The third-order valence-electron chi connectivity index (χ3n) is 4.65. The zero-order chi connectivity index (χ0) is 16.9. The minimum Gasteiger partial charge on any atom is -0.358 e. The largest absolute Gasteiger partial charge is 0.358 e. The molecule has 2 aromatic carbocycles. The molecule has 128 valence electrons. The topological polar surface area (TPSA) is 21.8 Å². The Hall–Kier alpha value is -2.72. The Labute approximate surface area is 149 Å². The van der Waals surface area contributed by atoms with Crippen molar-refractivity contribution in [3.05, 3.63) is 90.9 Å². The van der Waals surface area contributed by atoms with Crippen LogP contribution in [0.15, 0.2) is 85.3 Å². The predicted molar refractivity (Wildman–Crippen MR) is 102 cm³/mol. The molecule has 4 nitrogen and oxygen atoms in total. The van der Waals surface area contributed by atoms with Crippen LogP contribution in [0.1, 0.15) is 18.0 Å². The number of hydrogen-bond donors (Lipinski definition) is 1. The van der Waals surface area contributed by atoms with Crippen LogP contribution in [0.4, 0.5) is 5.69 Å². The quantitative estimate of drug-likeness (QED) is 0.870. The molecule has 0 saturated heterocycles. The Morgan fingerprint density at radius 2 is 1.60 bits per heavy atom. The summed E-state index contributed by atoms with van der Waals surface area (Å²) >= 11 is 0. The fraction of sp³-hybridized carbons (Fsp3) is 0.238. The Morgan fingerprint density at radius 1 is 0.840 bits per heavy atom. The third-order valence-corrected chi connectivity index (χ3v) is 4.65. The zero-order valence-electron chi connectivity index (χ0n) is 14.3. The summed E-state index contributed by atoms with van der Waals surface area (Å²) in [7, 11) is 0. The molecule has 25 heavy (non-hydrogen) atoms. The maximum atomic E-state index is 3.54. The Morgan fingerprint density at radius 3 is 2.40 bits per heavy atom. The van der Waals surface area contributed by atoms with E-state index in [1.165, 1.54) is 11.3 Å². The molecule has 2 aromatic rings. The van der Waals surface area contributed by atoms with Crippen molar-refractivity contribution in [2.75, 3.05) is 24.7 Å². The van der Waals surface area contributed by atoms with E-state index in [1.807, 2.05) is 0 Å². The lowest BCUT2D eigenvalue weighted by Gasteiger charge is -2.23. The van der Waals surface area contributed by atoms with Gasteiger partial charge in [0.1, 0.15) is 0 Å². The van der Waals surface area contributed by atoms with E-state index in [2.05, 4.69) is 106 Å². The van der Waals surface area contributed by atoms with Gasteiger partial charge in [0.05, 0.1) is 12.7 Å². The molecule has 2 aliphatic rings. The van der Waals surface area contributed by atoms with Crippen molar-refractivity contribution in [3.63, 3.8) is 0 Å². The van der Waals surface area contributed by atoms with E-state index >= 15 is 0 Å². The molecule has 0 aromatic heterocycles. The summed E-state index contributed by atoms with van der Waals surface area (Å²) in [5.41, 5.74) is 6.10. The van der Waals surface area contributed by atoms with Crippen molar-refractivity contribution in [3.8, 4) is 0 Å². The molecule has 1 atom stereocenters. The summed E-state index contributed by atoms with van der Waals surface area (Å²) in [5.74, 6) is 0. The predicted octanol–water partition coefficient (Wildman–Crippen LogP) is 3.70. The highest BCUT2D eigenvalue weighted by molar-refractivity contribution is 5.49. The zero-order valence-corrected chi connectivity index (χ0v) is 14.3. The van der Waals surface area contributed by atoms with Crippen molar-refractivity contribution >= 4 is 5.69 Å². The van der Waals surface area contributed by atoms with Gasteiger partial charge in [-0.25, -0.2) is 5.43 Å². The molecular formula is C21H24N4. The smallest absolute Gasteiger partial charge is 0.0941 e. The Bertz CT molecular complexity index is 663. The average molecular weight is 332 g/mol. The maximum absolute atomic E-state index is 3.54. The summed E-state index contributed by atoms with van der Waals surface area (Å²) in [6.45, 7) is 3.00. The van der Waals surface area contributed by atoms with E-state index in [0.717, 1.165) is 26.2 Å². The van der Waals surface area contributed by atoms with Gasteiger partial charge in [0, 0.05) is 37.4 Å². The van der Waals surface area contributed by atoms with Crippen LogP contribution in [-0.4, -0.2) is 29.7 Å². The first-order valence-electron chi connectivity index (χ1n) is 8.89. The van der Waals surface area contributed by atoms with Gasteiger partial charge >= 0.3 is 0 Å². The highest BCUT2D eigenvalue weighted by atomic mass is 15.5. The first-order valence-corrected chi connectivity index (χ1v) is 8.89. The minimum atomic E-state index is 0.293. The van der Waals surface area contributed by atoms with Gasteiger partial charge < -0.3 is 14.8 Å². The highest BCUT2D eigenvalue weighted by Crippen LogP contribution is 2.20. The molecule has 2 heterocycles. The van der Waals surface area contributed by atoms with E-state index in [0.29, 0.717) is 6.04 Å². The van der Waals surface area contributed by atoms with Crippen molar-refractivity contribution in [1.82, 2.24) is 15.3 Å². The monoisotopic (exact) mass is 332 g/mol. The van der Waals surface area contributed by atoms with Crippen molar-refractivity contribution in [2.45, 2.75) is 12.5 Å². The standard InChI is InChI=1S/C21H24N4/c1-3-8-19(9-4-1)21-12-15-25(22-21)14-7-13-23-16-17-24(18-23)20-10-5-2-6-11-20/h1-6,8-12,15-17,21-22H,7,13-14,18H2. The lowest BCUT2D eigenvalue weighted by Crippen LogP contribution is -2.33. The van der Waals surface area contributed by atoms with Gasteiger partial charge in [0.15, 0.2) is 0 Å². The number of rotatable bonds is 6. The van der Waals surface area contributed by atoms with Gasteiger partial charge in [-0.2, -0.15) is 0 Å². The second-order valence-corrected chi connectivity index (χ2v) is 6.46. The van der Waals surface area contributed by atoms with Crippen LogP contribution in [0.25, 0.3) is 0 Å². The van der Waals surface area contributed by atoms with E-state index in [-0.39, 0.29) is 0 Å². The van der Waals surface area contributed by atoms with Crippen LogP contribution >= 0.6 is 0 Å². The number of benzene rings is 2. The molecule has 0 bridgehead atoms. The second-order valence-electron chi connectivity index (χ2n) is 6.46. The maximum Gasteiger partial charge on any atom is 0.0941 e. The lowest BCUT2D eigenvalue weighted by atomic mass is 10.1. The van der Waals surface area contributed by atoms with Crippen LogP contribution in [0.3, 0.4) is 0 Å². The van der Waals surface area contributed by atoms with E-state index < -0.39 is 0 Å². The minimum absolute atomic E-state index is 0.293. The molecule has 0 amide bonds. The van der Waals surface area contributed by atoms with Gasteiger partial charge in [-0.15, -0.1) is 0 Å². The summed E-state index contributed by atoms with van der Waals surface area (Å²) < 4.78 is 0. The average Bonchev–Trinajstić information content (AvgIpc) is 3.33. The number of hydrazine groups is 1. The van der Waals surface area contributed by atoms with Gasteiger partial charge in [-0.1, -0.05) is 48.5 Å². The first kappa shape index (κ1) is 15.8. The number of hydrogen-bond acceptors (Lipinski definition) is 4. The molecule has 0 radical (unpaired) electrons. The van der Waals surface area contributed by atoms with E-state index in [1.54, 1.807) is 0 Å². The highest BCUT2D eigenvalue weighted by Gasteiger charge is 2.17. The van der Waals surface area contributed by atoms with E-state index in [4.69, 9.17) is 0 Å². The molecule has 0 saturated carbocycles. The molecule has 0 aliphatic carbocycles. The van der Waals surface area contributed by atoms with Crippen LogP contribution < -0.4 is 10.3 Å². The fourth-order valence-corrected chi connectivity index (χ4v) is 3.28. The van der Waals surface area contributed by atoms with Gasteiger partial charge in [-0.05, 0) is 30.2 Å². The van der Waals surface area contributed by atoms with Gasteiger partial charge in [0.2, 0.25) is 0 Å². The van der Waals surface area contributed by atoms with Crippen LogP contribution in [-0.2, 0) is 0 Å². The summed E-state index contributed by atoms with van der Waals surface area (Å²) in [6.07, 6.45) is 9.85. The first-order chi connectivity index (χ1) is 12.4. The molecule has 0 spiro atoms. The Kier molecular flexibility index (Phi) is 4.70. The lowest BCUT2D eigenvalue weighted by molar-refractivity contribution is 0.258. The van der Waals surface area contributed by atoms with Gasteiger partial charge in [-0.3, -0.25) is 0 Å². The molecule has 4 rings (SSSR count). The van der Waals surface area contributed by atoms with E-state index in [9.17, 15) is 0 Å². The van der Waals surface area contributed by atoms with Crippen LogP contribution in [0.5, 0.6) is 0 Å². The van der Waals surface area contributed by atoms with Crippen molar-refractivity contribution in [1.29, 1.82) is 0 Å². The third kappa shape index (κ3) is 3.86. The molecule has 4 heteroatoms. The number of nitrogens with zero attached hydrogens (tertiary/aromatic N) is 3. The summed E-state index contributed by atoms with van der Waals surface area (Å²) in [5, 5.41) is 2.20. The molecule has 0 fully saturated rings. The number of anilines is 1. The molecule has 2 aliphatic heterocycles. The van der Waals surface area contributed by atoms with Crippen LogP contribution in [0, 0.1) is 0 Å². The van der Waals surface area contributed by atoms with Crippen LogP contribution in [0.2, 0.25) is 0 Å². The SMILES string of the molecule is C1=CN(CCCN2C=CN(c3ccccc3)C2)NC1c1ccccc1. The van der Waals surface area contributed by atoms with Gasteiger partial charge in [0.25, 0.3) is 0 Å². The van der Waals surface area contributed by atoms with Crippen molar-refractivity contribution in [2.24, 2.45) is 0 Å². The summed E-state index contributed by atoms with van der Waals surface area (Å²) in [4.78, 5) is 4.64.